The van der Waals surface area contributed by atoms with Crippen molar-refractivity contribution in [3.63, 3.8) is 0 Å². The second-order valence-corrected chi connectivity index (χ2v) is 11.0. The molecule has 10 nitrogen and oxygen atoms in total. The number of nitrogens with zero attached hydrogens (tertiary/aromatic N) is 8. The highest BCUT2D eigenvalue weighted by molar-refractivity contribution is 7.20. The third-order valence-electron chi connectivity index (χ3n) is 6.97. The van der Waals surface area contributed by atoms with Gasteiger partial charge in [0.05, 0.1) is 17.8 Å². The number of anilines is 3. The molecule has 6 rings (SSSR count). The summed E-state index contributed by atoms with van der Waals surface area (Å²) in [5.41, 5.74) is 2.10. The molecule has 2 unspecified atom stereocenters. The van der Waals surface area contributed by atoms with E-state index < -0.39 is 0 Å². The number of carbonyl (C=O) groups excluding carboxylic acids is 1. The van der Waals surface area contributed by atoms with Crippen LogP contribution in [0, 0.1) is 17.1 Å². The number of rotatable bonds is 5. The number of benzene rings is 1. The van der Waals surface area contributed by atoms with Gasteiger partial charge in [0, 0.05) is 32.7 Å². The lowest BCUT2D eigenvalue weighted by Crippen LogP contribution is -2.51. The Labute approximate surface area is 220 Å². The Morgan fingerprint density at radius 2 is 2.03 bits per heavy atom. The maximum atomic E-state index is 13.4. The van der Waals surface area contributed by atoms with Gasteiger partial charge in [-0.15, -0.1) is 5.10 Å². The summed E-state index contributed by atoms with van der Waals surface area (Å²) in [7, 11) is 3.56. The van der Waals surface area contributed by atoms with Crippen LogP contribution >= 0.6 is 22.7 Å². The van der Waals surface area contributed by atoms with Gasteiger partial charge in [-0.3, -0.25) is 0 Å². The highest BCUT2D eigenvalue weighted by atomic mass is 32.1. The highest BCUT2D eigenvalue weighted by Crippen LogP contribution is 2.40. The first-order valence-electron chi connectivity index (χ1n) is 12.0. The number of fused-ring (bicyclic) bond motifs is 3. The standard InChI is InChI=1S/C24H24FN9OS2/c1-4-17-20(31(3)22-29-19(18(10-26)36-22)13-5-7-14(25)8-6-13)34-23(28-17)37-24(30-34)33-12-15-9-16(33)11-32(15)21(35)27-2/h5-8,15-16H,4,9,11-12H2,1-3H3,(H,27,35). The molecule has 1 aromatic carbocycles. The van der Waals surface area contributed by atoms with Crippen LogP contribution in [-0.2, 0) is 6.42 Å². The first-order valence-corrected chi connectivity index (χ1v) is 13.6. The molecular weight excluding hydrogens is 513 g/mol. The van der Waals surface area contributed by atoms with Crippen LogP contribution in [0.1, 0.15) is 23.9 Å². The third-order valence-corrected chi connectivity index (χ3v) is 8.96. The van der Waals surface area contributed by atoms with Crippen molar-refractivity contribution in [1.82, 2.24) is 29.8 Å². The van der Waals surface area contributed by atoms with Crippen molar-refractivity contribution in [1.29, 1.82) is 5.26 Å². The lowest BCUT2D eigenvalue weighted by molar-refractivity contribution is 0.191. The fourth-order valence-corrected chi connectivity index (χ4v) is 7.02. The van der Waals surface area contributed by atoms with Crippen molar-refractivity contribution in [2.45, 2.75) is 31.8 Å². The van der Waals surface area contributed by atoms with Gasteiger partial charge >= 0.3 is 6.03 Å². The molecule has 3 aromatic heterocycles. The zero-order valence-corrected chi connectivity index (χ0v) is 22.1. The summed E-state index contributed by atoms with van der Waals surface area (Å²) in [6.07, 6.45) is 1.65. The van der Waals surface area contributed by atoms with E-state index in [2.05, 4.69) is 16.3 Å². The number of aryl methyl sites for hydroxylation is 1. The summed E-state index contributed by atoms with van der Waals surface area (Å²) in [5.74, 6) is 0.469. The van der Waals surface area contributed by atoms with Crippen molar-refractivity contribution in [3.8, 4) is 17.3 Å². The molecule has 0 radical (unpaired) electrons. The number of piperazine rings is 1. The number of likely N-dealkylation sites (tertiary alicyclic amines) is 1. The molecule has 5 heterocycles. The number of carbonyl (C=O) groups is 1. The predicted octanol–water partition coefficient (Wildman–Crippen LogP) is 3.86. The number of aromatic nitrogens is 4. The van der Waals surface area contributed by atoms with E-state index in [0.717, 1.165) is 34.6 Å². The van der Waals surface area contributed by atoms with E-state index >= 15 is 0 Å². The predicted molar refractivity (Wildman–Crippen MR) is 141 cm³/mol. The maximum Gasteiger partial charge on any atom is 0.317 e. The lowest BCUT2D eigenvalue weighted by atomic mass is 10.1. The molecule has 4 aromatic rings. The van der Waals surface area contributed by atoms with Crippen molar-refractivity contribution < 1.29 is 9.18 Å². The zero-order valence-electron chi connectivity index (χ0n) is 20.5. The van der Waals surface area contributed by atoms with Gasteiger partial charge in [-0.1, -0.05) is 29.6 Å². The van der Waals surface area contributed by atoms with Gasteiger partial charge in [0.1, 0.15) is 22.5 Å². The Morgan fingerprint density at radius 1 is 1.24 bits per heavy atom. The molecule has 2 aliphatic rings. The average Bonchev–Trinajstić information content (AvgIpc) is 3.72. The molecular formula is C24H24FN9OS2. The number of halogens is 1. The fraction of sp³-hybridized carbons (Fsp3) is 0.375. The van der Waals surface area contributed by atoms with Crippen molar-refractivity contribution in [3.05, 3.63) is 40.7 Å². The van der Waals surface area contributed by atoms with Crippen LogP contribution in [0.2, 0.25) is 0 Å². The molecule has 1 N–H and O–H groups in total. The SMILES string of the molecule is CCc1nc2sc(N3CC4CC3CN4C(=O)NC)nn2c1N(C)c1nc(-c2ccc(F)cc2)c(C#N)s1. The van der Waals surface area contributed by atoms with Gasteiger partial charge in [0.25, 0.3) is 0 Å². The quantitative estimate of drug-likeness (QED) is 0.412. The normalized spacial score (nSPS) is 18.6. The Morgan fingerprint density at radius 3 is 2.68 bits per heavy atom. The molecule has 2 bridgehead atoms. The summed E-state index contributed by atoms with van der Waals surface area (Å²) in [6, 6.07) is 8.61. The summed E-state index contributed by atoms with van der Waals surface area (Å²) >= 11 is 2.82. The smallest absolute Gasteiger partial charge is 0.317 e. The number of hydrogen-bond donors (Lipinski definition) is 1. The van der Waals surface area contributed by atoms with E-state index in [9.17, 15) is 14.4 Å². The van der Waals surface area contributed by atoms with Crippen LogP contribution < -0.4 is 15.1 Å². The summed E-state index contributed by atoms with van der Waals surface area (Å²) in [4.78, 5) is 29.1. The first kappa shape index (κ1) is 23.6. The van der Waals surface area contributed by atoms with E-state index in [1.54, 1.807) is 19.2 Å². The molecule has 2 saturated heterocycles. The van der Waals surface area contributed by atoms with Crippen molar-refractivity contribution in [2.75, 3.05) is 37.0 Å². The maximum absolute atomic E-state index is 13.4. The largest absolute Gasteiger partial charge is 0.341 e. The van der Waals surface area contributed by atoms with E-state index in [1.165, 1.54) is 34.8 Å². The van der Waals surface area contributed by atoms with Gasteiger partial charge < -0.3 is 20.0 Å². The molecule has 190 valence electrons. The Bertz CT molecular complexity index is 1540. The van der Waals surface area contributed by atoms with Crippen LogP contribution in [0.15, 0.2) is 24.3 Å². The third kappa shape index (κ3) is 3.79. The Balaban J connectivity index is 1.33. The van der Waals surface area contributed by atoms with Gasteiger partial charge in [-0.2, -0.15) is 9.78 Å². The van der Waals surface area contributed by atoms with E-state index in [1.807, 2.05) is 28.3 Å². The van der Waals surface area contributed by atoms with E-state index in [-0.39, 0.29) is 23.9 Å². The topological polar surface area (TPSA) is 106 Å². The second kappa shape index (κ2) is 8.97. The highest BCUT2D eigenvalue weighted by Gasteiger charge is 2.46. The number of imidazole rings is 1. The van der Waals surface area contributed by atoms with Gasteiger partial charge in [-0.05, 0) is 37.1 Å². The minimum atomic E-state index is -0.337. The molecule has 0 spiro atoms. The number of nitriles is 1. The molecule has 2 fully saturated rings. The zero-order chi connectivity index (χ0) is 25.8. The molecule has 0 saturated carbocycles. The van der Waals surface area contributed by atoms with Gasteiger partial charge in [-0.25, -0.2) is 19.2 Å². The van der Waals surface area contributed by atoms with Crippen LogP contribution in [-0.4, -0.2) is 69.8 Å². The lowest BCUT2D eigenvalue weighted by Gasteiger charge is -2.33. The Kier molecular flexibility index (Phi) is 5.73. The summed E-state index contributed by atoms with van der Waals surface area (Å²) in [5, 5.41) is 18.9. The summed E-state index contributed by atoms with van der Waals surface area (Å²) in [6.45, 7) is 3.48. The monoisotopic (exact) mass is 537 g/mol. The van der Waals surface area contributed by atoms with Crippen molar-refractivity contribution in [2.24, 2.45) is 0 Å². The number of amides is 2. The summed E-state index contributed by atoms with van der Waals surface area (Å²) < 4.78 is 15.3. The van der Waals surface area contributed by atoms with Crippen LogP contribution in [0.4, 0.5) is 25.3 Å². The average molecular weight is 538 g/mol. The number of thiazole rings is 1. The minimum absolute atomic E-state index is 0.0298. The fourth-order valence-electron chi connectivity index (χ4n) is 5.17. The number of nitrogens with one attached hydrogen (secondary N) is 1. The first-order chi connectivity index (χ1) is 17.9. The van der Waals surface area contributed by atoms with E-state index in [0.29, 0.717) is 34.2 Å². The molecule has 2 amide bonds. The van der Waals surface area contributed by atoms with Crippen LogP contribution in [0.3, 0.4) is 0 Å². The molecule has 2 atom stereocenters. The molecule has 2 aliphatic heterocycles. The van der Waals surface area contributed by atoms with Crippen molar-refractivity contribution >= 4 is 49.7 Å². The molecule has 37 heavy (non-hydrogen) atoms. The van der Waals surface area contributed by atoms with Crippen LogP contribution in [0.5, 0.6) is 0 Å². The minimum Gasteiger partial charge on any atom is -0.341 e. The van der Waals surface area contributed by atoms with Gasteiger partial charge in [0.15, 0.2) is 10.9 Å². The van der Waals surface area contributed by atoms with E-state index in [4.69, 9.17) is 15.1 Å². The van der Waals surface area contributed by atoms with Crippen LogP contribution in [0.25, 0.3) is 16.2 Å². The van der Waals surface area contributed by atoms with Gasteiger partial charge in [0.2, 0.25) is 10.1 Å². The second-order valence-electron chi connectivity index (χ2n) is 9.07. The number of hydrogen-bond acceptors (Lipinski definition) is 9. The molecule has 0 aliphatic carbocycles. The number of urea groups is 1. The Hall–Kier alpha value is -3.76. The molecule has 13 heteroatoms.